The number of ether oxygens (including phenoxy) is 2. The molecular weight excluding hydrogens is 314 g/mol. The van der Waals surface area contributed by atoms with E-state index in [1.54, 1.807) is 14.2 Å². The average Bonchev–Trinajstić information content (AvgIpc) is 2.60. The van der Waals surface area contributed by atoms with Crippen molar-refractivity contribution in [1.82, 2.24) is 4.90 Å². The predicted octanol–water partition coefficient (Wildman–Crippen LogP) is 3.03. The normalized spacial score (nSPS) is 28.8. The number of nitrogens with zero attached hydrogens (tertiary/aromatic N) is 1. The van der Waals surface area contributed by atoms with Crippen molar-refractivity contribution in [3.63, 3.8) is 0 Å². The van der Waals surface area contributed by atoms with Crippen molar-refractivity contribution in [2.75, 3.05) is 27.3 Å². The number of benzene rings is 1. The van der Waals surface area contributed by atoms with E-state index in [9.17, 15) is 5.11 Å². The molecule has 0 aliphatic carbocycles. The first-order valence-corrected chi connectivity index (χ1v) is 9.10. The predicted molar refractivity (Wildman–Crippen MR) is 98.9 cm³/mol. The fraction of sp³-hybridized carbons (Fsp3) is 0.619. The highest BCUT2D eigenvalue weighted by Crippen LogP contribution is 2.46. The first-order valence-electron chi connectivity index (χ1n) is 9.10. The van der Waals surface area contributed by atoms with Crippen molar-refractivity contribution < 1.29 is 14.6 Å². The summed E-state index contributed by atoms with van der Waals surface area (Å²) in [7, 11) is 3.32. The van der Waals surface area contributed by atoms with Crippen LogP contribution in [0.1, 0.15) is 43.9 Å². The Bertz CT molecular complexity index is 678. The number of aliphatic hydroxyl groups is 1. The maximum atomic E-state index is 11.2. The van der Waals surface area contributed by atoms with Gasteiger partial charge in [0.15, 0.2) is 11.5 Å². The minimum absolute atomic E-state index is 0.121. The zero-order chi connectivity index (χ0) is 18.2. The third-order valence-corrected chi connectivity index (χ3v) is 5.75. The molecule has 25 heavy (non-hydrogen) atoms. The van der Waals surface area contributed by atoms with Crippen molar-refractivity contribution >= 4 is 0 Å². The maximum Gasteiger partial charge on any atom is 0.161 e. The standard InChI is InChI=1S/C21H29NO3/c1-6-21(23)12-18-17-11-20(25-5)19(24-4)10-15(17)7-8-22(18)13-16(21)9-14(2)3/h1,10-11,14,16,18,23H,7-9,12-13H2,2-5H3. The highest BCUT2D eigenvalue weighted by molar-refractivity contribution is 5.50. The van der Waals surface area contributed by atoms with Crippen LogP contribution < -0.4 is 9.47 Å². The first kappa shape index (κ1) is 18.1. The molecule has 3 rings (SSSR count). The van der Waals surface area contributed by atoms with Crippen LogP contribution in [0.25, 0.3) is 0 Å². The molecule has 0 amide bonds. The summed E-state index contributed by atoms with van der Waals surface area (Å²) in [4.78, 5) is 2.48. The van der Waals surface area contributed by atoms with Crippen molar-refractivity contribution in [2.24, 2.45) is 11.8 Å². The Morgan fingerprint density at radius 1 is 1.32 bits per heavy atom. The number of piperidine rings is 1. The van der Waals surface area contributed by atoms with E-state index in [0.717, 1.165) is 37.4 Å². The van der Waals surface area contributed by atoms with Crippen molar-refractivity contribution in [3.8, 4) is 23.8 Å². The lowest BCUT2D eigenvalue weighted by molar-refractivity contribution is -0.0647. The molecule has 2 aliphatic heterocycles. The third kappa shape index (κ3) is 3.23. The Hall–Kier alpha value is -1.70. The summed E-state index contributed by atoms with van der Waals surface area (Å²) in [5.74, 6) is 4.85. The number of hydrogen-bond acceptors (Lipinski definition) is 4. The van der Waals surface area contributed by atoms with E-state index in [4.69, 9.17) is 15.9 Å². The molecule has 3 unspecified atom stereocenters. The Labute approximate surface area is 151 Å². The van der Waals surface area contributed by atoms with E-state index in [1.807, 2.05) is 0 Å². The van der Waals surface area contributed by atoms with Crippen LogP contribution in [-0.4, -0.2) is 42.9 Å². The van der Waals surface area contributed by atoms with E-state index in [0.29, 0.717) is 12.3 Å². The average molecular weight is 343 g/mol. The number of fused-ring (bicyclic) bond motifs is 3. The van der Waals surface area contributed by atoms with Gasteiger partial charge in [-0.05, 0) is 42.0 Å². The smallest absolute Gasteiger partial charge is 0.161 e. The minimum atomic E-state index is -1.05. The maximum absolute atomic E-state index is 11.2. The molecule has 4 nitrogen and oxygen atoms in total. The SMILES string of the molecule is C#CC1(O)CC2c3cc(OC)c(OC)cc3CCN2CC1CC(C)C. The molecule has 4 heteroatoms. The molecule has 1 fully saturated rings. The second-order valence-electron chi connectivity index (χ2n) is 7.77. The van der Waals surface area contributed by atoms with E-state index in [-0.39, 0.29) is 12.0 Å². The van der Waals surface area contributed by atoms with Gasteiger partial charge in [0.1, 0.15) is 5.60 Å². The summed E-state index contributed by atoms with van der Waals surface area (Å²) >= 11 is 0. The molecule has 1 aromatic rings. The topological polar surface area (TPSA) is 41.9 Å². The fourth-order valence-corrected chi connectivity index (χ4v) is 4.45. The minimum Gasteiger partial charge on any atom is -0.493 e. The highest BCUT2D eigenvalue weighted by Gasteiger charge is 2.46. The van der Waals surface area contributed by atoms with Crippen LogP contribution in [0.3, 0.4) is 0 Å². The Balaban J connectivity index is 1.96. The lowest BCUT2D eigenvalue weighted by atomic mass is 9.71. The van der Waals surface area contributed by atoms with Gasteiger partial charge in [0.05, 0.1) is 14.2 Å². The molecule has 1 saturated heterocycles. The third-order valence-electron chi connectivity index (χ3n) is 5.75. The van der Waals surface area contributed by atoms with Gasteiger partial charge in [-0.2, -0.15) is 0 Å². The van der Waals surface area contributed by atoms with Crippen LogP contribution in [0.4, 0.5) is 0 Å². The monoisotopic (exact) mass is 343 g/mol. The largest absolute Gasteiger partial charge is 0.493 e. The number of methoxy groups -OCH3 is 2. The lowest BCUT2D eigenvalue weighted by Crippen LogP contribution is -2.54. The van der Waals surface area contributed by atoms with Gasteiger partial charge in [0, 0.05) is 31.5 Å². The van der Waals surface area contributed by atoms with Crippen molar-refractivity contribution in [2.45, 2.75) is 44.8 Å². The second kappa shape index (κ2) is 6.90. The van der Waals surface area contributed by atoms with Gasteiger partial charge in [0.2, 0.25) is 0 Å². The molecule has 0 aromatic heterocycles. The quantitative estimate of drug-likeness (QED) is 0.854. The number of terminal acetylenes is 1. The molecule has 136 valence electrons. The summed E-state index contributed by atoms with van der Waals surface area (Å²) in [6.45, 7) is 6.21. The van der Waals surface area contributed by atoms with E-state index in [2.05, 4.69) is 36.8 Å². The van der Waals surface area contributed by atoms with Crippen LogP contribution in [-0.2, 0) is 6.42 Å². The van der Waals surface area contributed by atoms with Gasteiger partial charge in [-0.3, -0.25) is 4.90 Å². The van der Waals surface area contributed by atoms with Crippen LogP contribution in [0.5, 0.6) is 11.5 Å². The Morgan fingerprint density at radius 3 is 2.60 bits per heavy atom. The van der Waals surface area contributed by atoms with Crippen molar-refractivity contribution in [1.29, 1.82) is 0 Å². The van der Waals surface area contributed by atoms with E-state index < -0.39 is 5.60 Å². The number of rotatable bonds is 4. The molecule has 1 aromatic carbocycles. The zero-order valence-electron chi connectivity index (χ0n) is 15.7. The molecule has 0 spiro atoms. The van der Waals surface area contributed by atoms with Gasteiger partial charge >= 0.3 is 0 Å². The summed E-state index contributed by atoms with van der Waals surface area (Å²) in [6, 6.07) is 4.26. The van der Waals surface area contributed by atoms with Crippen LogP contribution in [0, 0.1) is 24.2 Å². The van der Waals surface area contributed by atoms with Gasteiger partial charge < -0.3 is 14.6 Å². The van der Waals surface area contributed by atoms with E-state index in [1.165, 1.54) is 11.1 Å². The van der Waals surface area contributed by atoms with Crippen LogP contribution in [0.15, 0.2) is 12.1 Å². The zero-order valence-corrected chi connectivity index (χ0v) is 15.7. The number of hydrogen-bond donors (Lipinski definition) is 1. The molecule has 0 radical (unpaired) electrons. The van der Waals surface area contributed by atoms with Gasteiger partial charge in [-0.1, -0.05) is 19.8 Å². The second-order valence-corrected chi connectivity index (χ2v) is 7.77. The molecule has 0 saturated carbocycles. The molecule has 1 N–H and O–H groups in total. The Kier molecular flexibility index (Phi) is 4.99. The van der Waals surface area contributed by atoms with Gasteiger partial charge in [-0.25, -0.2) is 0 Å². The fourth-order valence-electron chi connectivity index (χ4n) is 4.45. The summed E-state index contributed by atoms with van der Waals surface area (Å²) in [6.07, 6.45) is 8.29. The van der Waals surface area contributed by atoms with Crippen LogP contribution in [0.2, 0.25) is 0 Å². The molecule has 2 heterocycles. The van der Waals surface area contributed by atoms with Crippen LogP contribution >= 0.6 is 0 Å². The molecular formula is C21H29NO3. The first-order chi connectivity index (χ1) is 11.9. The summed E-state index contributed by atoms with van der Waals surface area (Å²) < 4.78 is 10.9. The highest BCUT2D eigenvalue weighted by atomic mass is 16.5. The molecule has 3 atom stereocenters. The Morgan fingerprint density at radius 2 is 2.00 bits per heavy atom. The van der Waals surface area contributed by atoms with Gasteiger partial charge in [-0.15, -0.1) is 6.42 Å². The van der Waals surface area contributed by atoms with Gasteiger partial charge in [0.25, 0.3) is 0 Å². The van der Waals surface area contributed by atoms with E-state index >= 15 is 0 Å². The molecule has 2 aliphatic rings. The molecule has 0 bridgehead atoms. The lowest BCUT2D eigenvalue weighted by Gasteiger charge is -2.50. The van der Waals surface area contributed by atoms with Crippen molar-refractivity contribution in [3.05, 3.63) is 23.3 Å². The summed E-state index contributed by atoms with van der Waals surface area (Å²) in [5, 5.41) is 11.2. The summed E-state index contributed by atoms with van der Waals surface area (Å²) in [5.41, 5.74) is 1.42.